The Kier molecular flexibility index (Phi) is 5.00. The van der Waals surface area contributed by atoms with Crippen molar-refractivity contribution in [3.8, 4) is 5.75 Å². The molecule has 2 unspecified atom stereocenters. The van der Waals surface area contributed by atoms with Crippen molar-refractivity contribution in [3.05, 3.63) is 40.4 Å². The summed E-state index contributed by atoms with van der Waals surface area (Å²) in [5.74, 6) is 1.75. The highest BCUT2D eigenvalue weighted by Gasteiger charge is 2.56. The highest BCUT2D eigenvalue weighted by molar-refractivity contribution is 6.55. The molecule has 1 aromatic carbocycles. The van der Waals surface area contributed by atoms with Crippen LogP contribution in [0, 0.1) is 17.3 Å². The molecule has 2 atom stereocenters. The van der Waals surface area contributed by atoms with Crippen LogP contribution < -0.4 is 4.74 Å². The molecule has 20 heavy (non-hydrogen) atoms. The van der Waals surface area contributed by atoms with Crippen molar-refractivity contribution in [2.24, 2.45) is 17.3 Å². The minimum Gasteiger partial charge on any atom is -0.497 e. The van der Waals surface area contributed by atoms with Crippen molar-refractivity contribution in [1.82, 2.24) is 0 Å². The molecular weight excluding hydrogens is 295 g/mol. The summed E-state index contributed by atoms with van der Waals surface area (Å²) < 4.78 is 11.3. The van der Waals surface area contributed by atoms with E-state index in [1.54, 1.807) is 7.11 Å². The lowest BCUT2D eigenvalue weighted by Crippen LogP contribution is -2.01. The van der Waals surface area contributed by atoms with E-state index in [0.717, 1.165) is 17.9 Å². The predicted molar refractivity (Wildman–Crippen MR) is 83.2 cm³/mol. The van der Waals surface area contributed by atoms with Crippen LogP contribution in [0.3, 0.4) is 0 Å². The van der Waals surface area contributed by atoms with Crippen LogP contribution in [0.4, 0.5) is 0 Å². The fourth-order valence-electron chi connectivity index (χ4n) is 2.60. The van der Waals surface area contributed by atoms with Gasteiger partial charge in [0.25, 0.3) is 0 Å². The molecule has 1 aliphatic rings. The summed E-state index contributed by atoms with van der Waals surface area (Å²) >= 11 is 11.5. The molecule has 2 rings (SSSR count). The molecule has 0 aliphatic heterocycles. The number of ether oxygens (including phenoxy) is 2. The van der Waals surface area contributed by atoms with Gasteiger partial charge in [-0.15, -0.1) is 0 Å². The maximum atomic E-state index is 5.81. The monoisotopic (exact) mass is 314 g/mol. The van der Waals surface area contributed by atoms with E-state index in [2.05, 4.69) is 13.8 Å². The predicted octanol–water partition coefficient (Wildman–Crippen LogP) is 4.80. The first-order valence-corrected chi connectivity index (χ1v) is 7.44. The van der Waals surface area contributed by atoms with E-state index in [-0.39, 0.29) is 5.41 Å². The van der Waals surface area contributed by atoms with Gasteiger partial charge in [0.1, 0.15) is 10.2 Å². The van der Waals surface area contributed by atoms with E-state index < -0.39 is 0 Å². The second-order valence-corrected chi connectivity index (χ2v) is 6.78. The van der Waals surface area contributed by atoms with Gasteiger partial charge in [-0.2, -0.15) is 0 Å². The van der Waals surface area contributed by atoms with E-state index >= 15 is 0 Å². The summed E-state index contributed by atoms with van der Waals surface area (Å²) in [6, 6.07) is 7.92. The van der Waals surface area contributed by atoms with Crippen molar-refractivity contribution < 1.29 is 9.47 Å². The van der Waals surface area contributed by atoms with Gasteiger partial charge in [0.2, 0.25) is 0 Å². The van der Waals surface area contributed by atoms with Crippen LogP contribution in [0.15, 0.2) is 34.8 Å². The summed E-state index contributed by atoms with van der Waals surface area (Å²) in [5.41, 5.74) is 1.36. The van der Waals surface area contributed by atoms with Crippen LogP contribution in [0.25, 0.3) is 0 Å². The average molecular weight is 315 g/mol. The zero-order valence-corrected chi connectivity index (χ0v) is 13.5. The van der Waals surface area contributed by atoms with E-state index in [1.165, 1.54) is 0 Å². The fourth-order valence-corrected chi connectivity index (χ4v) is 2.87. The second-order valence-electron chi connectivity index (χ2n) is 5.77. The first-order valence-electron chi connectivity index (χ1n) is 6.68. The molecular formula is C16H20Cl2O2. The molecule has 0 N–H and O–H groups in total. The molecule has 0 amide bonds. The number of methoxy groups -OCH3 is 1. The quantitative estimate of drug-likeness (QED) is 0.750. The van der Waals surface area contributed by atoms with Crippen LogP contribution in [0.5, 0.6) is 5.75 Å². The lowest BCUT2D eigenvalue weighted by Gasteiger charge is -2.06. The number of halogens is 2. The Labute approximate surface area is 130 Å². The Balaban J connectivity index is 1.80. The van der Waals surface area contributed by atoms with Gasteiger partial charge in [0.15, 0.2) is 0 Å². The molecule has 0 spiro atoms. The number of hydrogen-bond acceptors (Lipinski definition) is 2. The number of rotatable bonds is 6. The van der Waals surface area contributed by atoms with Crippen molar-refractivity contribution in [1.29, 1.82) is 0 Å². The SMILES string of the molecule is COc1ccc(COCC2C(C=C(Cl)Cl)C2(C)C)cc1. The molecule has 0 bridgehead atoms. The van der Waals surface area contributed by atoms with Gasteiger partial charge in [0, 0.05) is 0 Å². The molecule has 2 nitrogen and oxygen atoms in total. The Morgan fingerprint density at radius 1 is 1.25 bits per heavy atom. The Morgan fingerprint density at radius 2 is 1.90 bits per heavy atom. The van der Waals surface area contributed by atoms with Crippen molar-refractivity contribution in [3.63, 3.8) is 0 Å². The standard InChI is InChI=1S/C16H20Cl2O2/c1-16(2)13(8-15(17)18)14(16)10-20-9-11-4-6-12(19-3)7-5-11/h4-8,13-14H,9-10H2,1-3H3. The molecule has 0 saturated heterocycles. The zero-order valence-electron chi connectivity index (χ0n) is 12.0. The average Bonchev–Trinajstić information content (AvgIpc) is 2.90. The molecule has 1 aromatic rings. The highest BCUT2D eigenvalue weighted by atomic mass is 35.5. The minimum atomic E-state index is 0.217. The Morgan fingerprint density at radius 3 is 2.45 bits per heavy atom. The first-order chi connectivity index (χ1) is 9.45. The second kappa shape index (κ2) is 6.38. The van der Waals surface area contributed by atoms with Crippen LogP contribution >= 0.6 is 23.2 Å². The lowest BCUT2D eigenvalue weighted by atomic mass is 10.1. The van der Waals surface area contributed by atoms with Gasteiger partial charge in [-0.25, -0.2) is 0 Å². The van der Waals surface area contributed by atoms with Crippen LogP contribution in [0.1, 0.15) is 19.4 Å². The largest absolute Gasteiger partial charge is 0.497 e. The van der Waals surface area contributed by atoms with Crippen LogP contribution in [-0.2, 0) is 11.3 Å². The molecule has 1 aliphatic carbocycles. The smallest absolute Gasteiger partial charge is 0.118 e. The summed E-state index contributed by atoms with van der Waals surface area (Å²) in [6.45, 7) is 5.77. The summed E-state index contributed by atoms with van der Waals surface area (Å²) in [5, 5.41) is 0. The zero-order chi connectivity index (χ0) is 14.8. The van der Waals surface area contributed by atoms with E-state index in [9.17, 15) is 0 Å². The third-order valence-electron chi connectivity index (χ3n) is 4.17. The van der Waals surface area contributed by atoms with E-state index in [4.69, 9.17) is 32.7 Å². The normalized spacial score (nSPS) is 23.2. The third kappa shape index (κ3) is 3.69. The minimum absolute atomic E-state index is 0.217. The molecule has 0 aromatic heterocycles. The number of allylic oxidation sites excluding steroid dienone is 1. The maximum absolute atomic E-state index is 5.81. The van der Waals surface area contributed by atoms with Crippen molar-refractivity contribution >= 4 is 23.2 Å². The van der Waals surface area contributed by atoms with Gasteiger partial charge < -0.3 is 9.47 Å². The maximum Gasteiger partial charge on any atom is 0.118 e. The topological polar surface area (TPSA) is 18.5 Å². The van der Waals surface area contributed by atoms with Crippen LogP contribution in [-0.4, -0.2) is 13.7 Å². The van der Waals surface area contributed by atoms with Gasteiger partial charge in [-0.3, -0.25) is 0 Å². The highest BCUT2D eigenvalue weighted by Crippen LogP contribution is 2.59. The molecule has 1 saturated carbocycles. The lowest BCUT2D eigenvalue weighted by molar-refractivity contribution is 0.102. The molecule has 0 radical (unpaired) electrons. The molecule has 0 heterocycles. The summed E-state index contributed by atoms with van der Waals surface area (Å²) in [4.78, 5) is 0. The summed E-state index contributed by atoms with van der Waals surface area (Å²) in [7, 11) is 1.66. The molecule has 4 heteroatoms. The molecule has 1 fully saturated rings. The van der Waals surface area contributed by atoms with E-state index in [0.29, 0.717) is 22.9 Å². The van der Waals surface area contributed by atoms with E-state index in [1.807, 2.05) is 30.3 Å². The number of benzene rings is 1. The molecule has 110 valence electrons. The summed E-state index contributed by atoms with van der Waals surface area (Å²) in [6.07, 6.45) is 1.92. The van der Waals surface area contributed by atoms with Gasteiger partial charge >= 0.3 is 0 Å². The van der Waals surface area contributed by atoms with Crippen molar-refractivity contribution in [2.45, 2.75) is 20.5 Å². The third-order valence-corrected chi connectivity index (χ3v) is 4.42. The van der Waals surface area contributed by atoms with Crippen LogP contribution in [0.2, 0.25) is 0 Å². The van der Waals surface area contributed by atoms with Gasteiger partial charge in [-0.1, -0.05) is 55.3 Å². The van der Waals surface area contributed by atoms with Gasteiger partial charge in [0.05, 0.1) is 20.3 Å². The first kappa shape index (κ1) is 15.7. The Hall–Kier alpha value is -0.700. The Bertz CT molecular complexity index is 476. The van der Waals surface area contributed by atoms with Crippen molar-refractivity contribution in [2.75, 3.05) is 13.7 Å². The number of hydrogen-bond donors (Lipinski definition) is 0. The van der Waals surface area contributed by atoms with Gasteiger partial charge in [-0.05, 0) is 34.9 Å². The fraction of sp³-hybridized carbons (Fsp3) is 0.500.